The topological polar surface area (TPSA) is 73.0 Å². The lowest BCUT2D eigenvalue weighted by atomic mass is 10.0. The summed E-state index contributed by atoms with van der Waals surface area (Å²) < 4.78 is 0. The summed E-state index contributed by atoms with van der Waals surface area (Å²) in [4.78, 5) is 42.0. The van der Waals surface area contributed by atoms with Crippen LogP contribution in [0.1, 0.15) is 39.5 Å². The Labute approximate surface area is 156 Å². The lowest BCUT2D eigenvalue weighted by molar-refractivity contribution is -0.141. The highest BCUT2D eigenvalue weighted by Crippen LogP contribution is 2.18. The molecule has 0 radical (unpaired) electrons. The first-order valence-corrected chi connectivity index (χ1v) is 9.12. The highest BCUT2D eigenvalue weighted by Gasteiger charge is 2.31. The normalized spacial score (nSPS) is 20.9. The van der Waals surface area contributed by atoms with Crippen molar-refractivity contribution in [3.05, 3.63) is 0 Å². The standard InChI is InChI=1S/C17H30N4O3.ClH/c1-3-19(4-2)15(22)7-8-16(23)20-10-5-6-14(13-20)21-11-9-18-12-17(21)24;/h14,18H,3-13H2,1-2H3;1H. The number of halogens is 1. The third-order valence-electron chi connectivity index (χ3n) is 4.98. The largest absolute Gasteiger partial charge is 0.343 e. The lowest BCUT2D eigenvalue weighted by Crippen LogP contribution is -2.57. The maximum Gasteiger partial charge on any atom is 0.236 e. The third-order valence-corrected chi connectivity index (χ3v) is 4.98. The SMILES string of the molecule is CCN(CC)C(=O)CCC(=O)N1CCCC(N2CCNCC2=O)C1.Cl. The van der Waals surface area contributed by atoms with E-state index in [9.17, 15) is 14.4 Å². The van der Waals surface area contributed by atoms with Crippen LogP contribution in [0.25, 0.3) is 0 Å². The minimum Gasteiger partial charge on any atom is -0.343 e. The first-order chi connectivity index (χ1) is 11.6. The van der Waals surface area contributed by atoms with Gasteiger partial charge in [0.2, 0.25) is 17.7 Å². The second kappa shape index (κ2) is 10.6. The molecule has 144 valence electrons. The number of carbonyl (C=O) groups is 3. The molecule has 0 aromatic carbocycles. The lowest BCUT2D eigenvalue weighted by Gasteiger charge is -2.41. The Morgan fingerprint density at radius 1 is 1.20 bits per heavy atom. The first kappa shape index (κ1) is 21.7. The van der Waals surface area contributed by atoms with Gasteiger partial charge >= 0.3 is 0 Å². The van der Waals surface area contributed by atoms with E-state index in [0.29, 0.717) is 32.7 Å². The van der Waals surface area contributed by atoms with Crippen molar-refractivity contribution >= 4 is 30.1 Å². The molecule has 2 fully saturated rings. The number of nitrogens with one attached hydrogen (secondary N) is 1. The molecule has 2 heterocycles. The van der Waals surface area contributed by atoms with Crippen molar-refractivity contribution < 1.29 is 14.4 Å². The van der Waals surface area contributed by atoms with Crippen LogP contribution >= 0.6 is 12.4 Å². The first-order valence-electron chi connectivity index (χ1n) is 9.12. The zero-order chi connectivity index (χ0) is 17.5. The summed E-state index contributed by atoms with van der Waals surface area (Å²) in [5, 5.41) is 3.08. The van der Waals surface area contributed by atoms with Crippen molar-refractivity contribution in [3.8, 4) is 0 Å². The van der Waals surface area contributed by atoms with E-state index in [1.54, 1.807) is 4.90 Å². The minimum atomic E-state index is 0. The van der Waals surface area contributed by atoms with Gasteiger partial charge in [-0.25, -0.2) is 0 Å². The predicted molar refractivity (Wildman–Crippen MR) is 98.6 cm³/mol. The fourth-order valence-corrected chi connectivity index (χ4v) is 3.55. The van der Waals surface area contributed by atoms with Gasteiger partial charge in [-0.05, 0) is 26.7 Å². The van der Waals surface area contributed by atoms with E-state index in [0.717, 1.165) is 25.9 Å². The van der Waals surface area contributed by atoms with E-state index in [1.807, 2.05) is 23.6 Å². The van der Waals surface area contributed by atoms with Crippen LogP contribution in [0.2, 0.25) is 0 Å². The van der Waals surface area contributed by atoms with Crippen LogP contribution in [-0.2, 0) is 14.4 Å². The van der Waals surface area contributed by atoms with Crippen molar-refractivity contribution in [2.24, 2.45) is 0 Å². The Kier molecular flexibility index (Phi) is 9.21. The van der Waals surface area contributed by atoms with Gasteiger partial charge in [-0.15, -0.1) is 12.4 Å². The molecule has 0 aromatic heterocycles. The molecule has 0 spiro atoms. The van der Waals surface area contributed by atoms with E-state index in [4.69, 9.17) is 0 Å². The van der Waals surface area contributed by atoms with Gasteiger partial charge in [0, 0.05) is 58.2 Å². The summed E-state index contributed by atoms with van der Waals surface area (Å²) in [5.41, 5.74) is 0. The quantitative estimate of drug-likeness (QED) is 0.734. The maximum atomic E-state index is 12.5. The number of nitrogens with zero attached hydrogens (tertiary/aromatic N) is 3. The van der Waals surface area contributed by atoms with Gasteiger partial charge < -0.3 is 20.0 Å². The number of piperidine rings is 1. The van der Waals surface area contributed by atoms with Gasteiger partial charge in [0.25, 0.3) is 0 Å². The molecule has 2 rings (SSSR count). The van der Waals surface area contributed by atoms with Gasteiger partial charge in [0.15, 0.2) is 0 Å². The van der Waals surface area contributed by atoms with Crippen LogP contribution in [0.3, 0.4) is 0 Å². The van der Waals surface area contributed by atoms with Crippen molar-refractivity contribution in [1.29, 1.82) is 0 Å². The van der Waals surface area contributed by atoms with Gasteiger partial charge in [0.05, 0.1) is 6.54 Å². The van der Waals surface area contributed by atoms with Crippen LogP contribution in [0.5, 0.6) is 0 Å². The Balaban J connectivity index is 0.00000312. The molecule has 2 aliphatic heterocycles. The fraction of sp³-hybridized carbons (Fsp3) is 0.824. The Morgan fingerprint density at radius 3 is 2.56 bits per heavy atom. The molecule has 7 nitrogen and oxygen atoms in total. The summed E-state index contributed by atoms with van der Waals surface area (Å²) in [6.07, 6.45) is 2.40. The maximum absolute atomic E-state index is 12.5. The Hall–Kier alpha value is -1.34. The van der Waals surface area contributed by atoms with E-state index < -0.39 is 0 Å². The number of hydrogen-bond acceptors (Lipinski definition) is 4. The average molecular weight is 375 g/mol. The molecule has 2 aliphatic rings. The number of hydrogen-bond donors (Lipinski definition) is 1. The van der Waals surface area contributed by atoms with Gasteiger partial charge in [-0.1, -0.05) is 0 Å². The minimum absolute atomic E-state index is 0. The molecule has 0 aliphatic carbocycles. The second-order valence-corrected chi connectivity index (χ2v) is 6.47. The molecule has 2 saturated heterocycles. The van der Waals surface area contributed by atoms with Crippen LogP contribution in [-0.4, -0.2) is 84.3 Å². The molecule has 0 aromatic rings. The van der Waals surface area contributed by atoms with E-state index in [2.05, 4.69) is 5.32 Å². The summed E-state index contributed by atoms with van der Waals surface area (Å²) >= 11 is 0. The van der Waals surface area contributed by atoms with Crippen molar-refractivity contribution in [2.75, 3.05) is 45.8 Å². The molecule has 1 unspecified atom stereocenters. The molecule has 8 heteroatoms. The zero-order valence-electron chi connectivity index (χ0n) is 15.3. The van der Waals surface area contributed by atoms with E-state index in [1.165, 1.54) is 0 Å². The smallest absolute Gasteiger partial charge is 0.236 e. The number of likely N-dealkylation sites (tertiary alicyclic amines) is 1. The third kappa shape index (κ3) is 5.85. The zero-order valence-corrected chi connectivity index (χ0v) is 16.1. The molecule has 1 atom stereocenters. The molecular formula is C17H31ClN4O3. The molecule has 0 bridgehead atoms. The monoisotopic (exact) mass is 374 g/mol. The van der Waals surface area contributed by atoms with Gasteiger partial charge in [-0.3, -0.25) is 14.4 Å². The van der Waals surface area contributed by atoms with E-state index in [-0.39, 0.29) is 49.0 Å². The van der Waals surface area contributed by atoms with Crippen molar-refractivity contribution in [2.45, 2.75) is 45.6 Å². The van der Waals surface area contributed by atoms with Crippen molar-refractivity contribution in [1.82, 2.24) is 20.0 Å². The van der Waals surface area contributed by atoms with Crippen molar-refractivity contribution in [3.63, 3.8) is 0 Å². The fourth-order valence-electron chi connectivity index (χ4n) is 3.55. The molecule has 0 saturated carbocycles. The number of piperazine rings is 1. The van der Waals surface area contributed by atoms with E-state index >= 15 is 0 Å². The summed E-state index contributed by atoms with van der Waals surface area (Å²) in [5.74, 6) is 0.194. The highest BCUT2D eigenvalue weighted by molar-refractivity contribution is 5.85. The van der Waals surface area contributed by atoms with Crippen LogP contribution in [0, 0.1) is 0 Å². The van der Waals surface area contributed by atoms with Crippen LogP contribution < -0.4 is 5.32 Å². The molecule has 1 N–H and O–H groups in total. The van der Waals surface area contributed by atoms with Crippen LogP contribution in [0.15, 0.2) is 0 Å². The number of carbonyl (C=O) groups excluding carboxylic acids is 3. The second-order valence-electron chi connectivity index (χ2n) is 6.47. The average Bonchev–Trinajstić information content (AvgIpc) is 2.61. The summed E-state index contributed by atoms with van der Waals surface area (Å²) in [6.45, 7) is 8.51. The van der Waals surface area contributed by atoms with Gasteiger partial charge in [0.1, 0.15) is 0 Å². The van der Waals surface area contributed by atoms with Gasteiger partial charge in [-0.2, -0.15) is 0 Å². The number of amides is 3. The molecule has 25 heavy (non-hydrogen) atoms. The Bertz CT molecular complexity index is 471. The molecule has 3 amide bonds. The Morgan fingerprint density at radius 2 is 1.92 bits per heavy atom. The molecular weight excluding hydrogens is 344 g/mol. The summed E-state index contributed by atoms with van der Waals surface area (Å²) in [6, 6.07) is 0.121. The predicted octanol–water partition coefficient (Wildman–Crippen LogP) is 0.480. The summed E-state index contributed by atoms with van der Waals surface area (Å²) in [7, 11) is 0. The highest BCUT2D eigenvalue weighted by atomic mass is 35.5. The number of rotatable bonds is 6. The van der Waals surface area contributed by atoms with Crippen LogP contribution in [0.4, 0.5) is 0 Å².